The number of aryl methyl sites for hydroxylation is 1. The molecule has 0 bridgehead atoms. The van der Waals surface area contributed by atoms with Crippen LogP contribution in [0.1, 0.15) is 43.9 Å². The zero-order chi connectivity index (χ0) is 15.3. The van der Waals surface area contributed by atoms with Crippen LogP contribution in [0.2, 0.25) is 0 Å². The topological polar surface area (TPSA) is 12.9 Å². The molecule has 1 nitrogen and oxygen atoms in total. The van der Waals surface area contributed by atoms with Gasteiger partial charge in [-0.3, -0.25) is 4.98 Å². The monoisotopic (exact) mass is 313 g/mol. The summed E-state index contributed by atoms with van der Waals surface area (Å²) in [4.78, 5) is 4.35. The lowest BCUT2D eigenvalue weighted by molar-refractivity contribution is -0.141. The van der Waals surface area contributed by atoms with E-state index in [2.05, 4.69) is 11.9 Å². The Labute approximate surface area is 126 Å². The fourth-order valence-electron chi connectivity index (χ4n) is 2.25. The van der Waals surface area contributed by atoms with Gasteiger partial charge in [-0.15, -0.1) is 11.3 Å². The minimum atomic E-state index is -4.39. The third-order valence-electron chi connectivity index (χ3n) is 3.36. The van der Waals surface area contributed by atoms with Gasteiger partial charge in [0.1, 0.15) is 5.69 Å². The van der Waals surface area contributed by atoms with Gasteiger partial charge >= 0.3 is 6.18 Å². The Morgan fingerprint density at radius 2 is 1.95 bits per heavy atom. The minimum Gasteiger partial charge on any atom is -0.252 e. The average Bonchev–Trinajstić information content (AvgIpc) is 2.91. The van der Waals surface area contributed by atoms with Crippen LogP contribution in [0.5, 0.6) is 0 Å². The third kappa shape index (κ3) is 4.30. The second kappa shape index (κ2) is 7.07. The number of pyridine rings is 1. The van der Waals surface area contributed by atoms with Crippen LogP contribution in [0.25, 0.3) is 10.4 Å². The normalized spacial score (nSPS) is 11.8. The van der Waals surface area contributed by atoms with E-state index in [0.717, 1.165) is 35.8 Å². The van der Waals surface area contributed by atoms with E-state index in [9.17, 15) is 13.2 Å². The number of alkyl halides is 3. The van der Waals surface area contributed by atoms with Gasteiger partial charge < -0.3 is 0 Å². The molecule has 0 aliphatic heterocycles. The van der Waals surface area contributed by atoms with E-state index >= 15 is 0 Å². The highest BCUT2D eigenvalue weighted by Gasteiger charge is 2.32. The molecule has 0 atom stereocenters. The first-order valence-electron chi connectivity index (χ1n) is 7.12. The van der Waals surface area contributed by atoms with Crippen LogP contribution >= 0.6 is 11.3 Å². The SMILES string of the molecule is CCCCCCc1ccsc1-c1ccnc(C(F)(F)F)c1. The van der Waals surface area contributed by atoms with Gasteiger partial charge in [-0.2, -0.15) is 13.2 Å². The molecule has 2 heterocycles. The van der Waals surface area contributed by atoms with Crippen LogP contribution in [0.15, 0.2) is 29.8 Å². The van der Waals surface area contributed by atoms with Crippen LogP contribution in [0.3, 0.4) is 0 Å². The lowest BCUT2D eigenvalue weighted by Gasteiger charge is -2.08. The van der Waals surface area contributed by atoms with Crippen molar-refractivity contribution >= 4 is 11.3 Å². The quantitative estimate of drug-likeness (QED) is 0.600. The van der Waals surface area contributed by atoms with Crippen molar-refractivity contribution in [3.05, 3.63) is 41.0 Å². The highest BCUT2D eigenvalue weighted by molar-refractivity contribution is 7.13. The zero-order valence-electron chi connectivity index (χ0n) is 11.9. The summed E-state index contributed by atoms with van der Waals surface area (Å²) in [5.74, 6) is 0. The molecule has 0 aliphatic carbocycles. The van der Waals surface area contributed by atoms with Crippen LogP contribution < -0.4 is 0 Å². The van der Waals surface area contributed by atoms with Gasteiger partial charge in [0.05, 0.1) is 0 Å². The molecule has 0 amide bonds. The van der Waals surface area contributed by atoms with Gasteiger partial charge in [0.25, 0.3) is 0 Å². The Bertz CT molecular complexity index is 575. The van der Waals surface area contributed by atoms with E-state index in [1.807, 2.05) is 11.4 Å². The summed E-state index contributed by atoms with van der Waals surface area (Å²) in [7, 11) is 0. The molecule has 21 heavy (non-hydrogen) atoms. The molecule has 0 spiro atoms. The molecular formula is C16H18F3NS. The van der Waals surface area contributed by atoms with Crippen LogP contribution in [0.4, 0.5) is 13.2 Å². The maximum atomic E-state index is 12.7. The second-order valence-electron chi connectivity index (χ2n) is 5.01. The van der Waals surface area contributed by atoms with Crippen molar-refractivity contribution in [2.24, 2.45) is 0 Å². The summed E-state index contributed by atoms with van der Waals surface area (Å²) in [6.07, 6.45) is 2.38. The van der Waals surface area contributed by atoms with E-state index in [1.165, 1.54) is 30.4 Å². The number of rotatable bonds is 6. The first kappa shape index (κ1) is 16.0. The largest absolute Gasteiger partial charge is 0.433 e. The number of hydrogen-bond donors (Lipinski definition) is 0. The maximum Gasteiger partial charge on any atom is 0.433 e. The summed E-state index contributed by atoms with van der Waals surface area (Å²) in [5.41, 5.74) is 0.915. The lowest BCUT2D eigenvalue weighted by Crippen LogP contribution is -2.07. The molecular weight excluding hydrogens is 295 g/mol. The fourth-order valence-corrected chi connectivity index (χ4v) is 3.21. The van der Waals surface area contributed by atoms with E-state index in [1.54, 1.807) is 6.07 Å². The van der Waals surface area contributed by atoms with Crippen molar-refractivity contribution in [2.75, 3.05) is 0 Å². The molecule has 2 aromatic rings. The van der Waals surface area contributed by atoms with E-state index in [-0.39, 0.29) is 0 Å². The Morgan fingerprint density at radius 1 is 1.14 bits per heavy atom. The van der Waals surface area contributed by atoms with Crippen molar-refractivity contribution in [2.45, 2.75) is 45.2 Å². The van der Waals surface area contributed by atoms with E-state index < -0.39 is 11.9 Å². The summed E-state index contributed by atoms with van der Waals surface area (Å²) in [6, 6.07) is 4.80. The highest BCUT2D eigenvalue weighted by atomic mass is 32.1. The molecule has 2 rings (SSSR count). The molecule has 0 aliphatic rings. The Morgan fingerprint density at radius 3 is 2.67 bits per heavy atom. The van der Waals surface area contributed by atoms with Gasteiger partial charge in [0, 0.05) is 11.1 Å². The number of halogens is 3. The number of unbranched alkanes of at least 4 members (excludes halogenated alkanes) is 3. The van der Waals surface area contributed by atoms with Crippen molar-refractivity contribution in [1.82, 2.24) is 4.98 Å². The van der Waals surface area contributed by atoms with Gasteiger partial charge in [-0.05, 0) is 47.5 Å². The predicted molar refractivity (Wildman–Crippen MR) is 80.4 cm³/mol. The van der Waals surface area contributed by atoms with Gasteiger partial charge in [0.2, 0.25) is 0 Å². The van der Waals surface area contributed by atoms with Crippen LogP contribution in [-0.2, 0) is 12.6 Å². The van der Waals surface area contributed by atoms with Gasteiger partial charge in [0.15, 0.2) is 0 Å². The summed E-state index contributed by atoms with van der Waals surface area (Å²) < 4.78 is 38.2. The lowest BCUT2D eigenvalue weighted by atomic mass is 10.0. The summed E-state index contributed by atoms with van der Waals surface area (Å²) in [6.45, 7) is 2.16. The molecule has 0 fully saturated rings. The Balaban J connectivity index is 2.17. The van der Waals surface area contributed by atoms with Crippen LogP contribution in [0, 0.1) is 0 Å². The standard InChI is InChI=1S/C16H18F3NS/c1-2-3-4-5-6-12-8-10-21-15(12)13-7-9-20-14(11-13)16(17,18)19/h7-11H,2-6H2,1H3. The predicted octanol–water partition coefficient (Wildman–Crippen LogP) is 5.95. The van der Waals surface area contributed by atoms with Crippen molar-refractivity contribution in [1.29, 1.82) is 0 Å². The smallest absolute Gasteiger partial charge is 0.252 e. The molecule has 0 saturated carbocycles. The van der Waals surface area contributed by atoms with Gasteiger partial charge in [-0.25, -0.2) is 0 Å². The molecule has 0 saturated heterocycles. The Hall–Kier alpha value is -1.36. The zero-order valence-corrected chi connectivity index (χ0v) is 12.7. The number of hydrogen-bond acceptors (Lipinski definition) is 2. The van der Waals surface area contributed by atoms with Crippen molar-refractivity contribution < 1.29 is 13.2 Å². The van der Waals surface area contributed by atoms with E-state index in [0.29, 0.717) is 5.56 Å². The van der Waals surface area contributed by atoms with E-state index in [4.69, 9.17) is 0 Å². The first-order valence-corrected chi connectivity index (χ1v) is 8.00. The highest BCUT2D eigenvalue weighted by Crippen LogP contribution is 2.34. The molecule has 2 aromatic heterocycles. The summed E-state index contributed by atoms with van der Waals surface area (Å²) >= 11 is 1.49. The van der Waals surface area contributed by atoms with Gasteiger partial charge in [-0.1, -0.05) is 26.2 Å². The number of aromatic nitrogens is 1. The molecule has 0 unspecified atom stereocenters. The summed E-state index contributed by atoms with van der Waals surface area (Å²) in [5, 5.41) is 1.94. The molecule has 0 aromatic carbocycles. The molecule has 0 N–H and O–H groups in total. The maximum absolute atomic E-state index is 12.7. The molecule has 114 valence electrons. The Kier molecular flexibility index (Phi) is 5.39. The van der Waals surface area contributed by atoms with Crippen molar-refractivity contribution in [3.8, 4) is 10.4 Å². The number of thiophene rings is 1. The van der Waals surface area contributed by atoms with Crippen LogP contribution in [-0.4, -0.2) is 4.98 Å². The minimum absolute atomic E-state index is 0.609. The molecule has 5 heteroatoms. The average molecular weight is 313 g/mol. The number of nitrogens with zero attached hydrogens (tertiary/aromatic N) is 1. The third-order valence-corrected chi connectivity index (χ3v) is 4.36. The second-order valence-corrected chi connectivity index (χ2v) is 5.93. The van der Waals surface area contributed by atoms with Crippen molar-refractivity contribution in [3.63, 3.8) is 0 Å². The fraction of sp³-hybridized carbons (Fsp3) is 0.438. The molecule has 0 radical (unpaired) electrons. The first-order chi connectivity index (χ1) is 10.0.